The van der Waals surface area contributed by atoms with E-state index >= 15 is 0 Å². The van der Waals surface area contributed by atoms with Gasteiger partial charge in [0.25, 0.3) is 0 Å². The van der Waals surface area contributed by atoms with Crippen molar-refractivity contribution < 1.29 is 9.59 Å². The molecule has 2 fully saturated rings. The summed E-state index contributed by atoms with van der Waals surface area (Å²) >= 11 is 1.57. The third-order valence-corrected chi connectivity index (χ3v) is 4.73. The lowest BCUT2D eigenvalue weighted by atomic mass is 9.94. The summed E-state index contributed by atoms with van der Waals surface area (Å²) in [6.07, 6.45) is 2.05. The first kappa shape index (κ1) is 13.5. The maximum atomic E-state index is 12.6. The van der Waals surface area contributed by atoms with E-state index in [0.29, 0.717) is 12.5 Å². The largest absolute Gasteiger partial charge is 0.340 e. The molecular weight excluding hydrogens is 274 g/mol. The number of piperazine rings is 1. The van der Waals surface area contributed by atoms with E-state index in [1.54, 1.807) is 30.1 Å². The van der Waals surface area contributed by atoms with Gasteiger partial charge in [-0.2, -0.15) is 0 Å². The van der Waals surface area contributed by atoms with Crippen molar-refractivity contribution in [2.75, 3.05) is 0 Å². The third kappa shape index (κ3) is 2.32. The minimum Gasteiger partial charge on any atom is -0.340 e. The van der Waals surface area contributed by atoms with Gasteiger partial charge in [-0.05, 0) is 39.5 Å². The van der Waals surface area contributed by atoms with Gasteiger partial charge in [-0.15, -0.1) is 11.3 Å². The number of carbonyl (C=O) groups is 2. The van der Waals surface area contributed by atoms with Gasteiger partial charge in [-0.25, -0.2) is 4.98 Å². The first-order chi connectivity index (χ1) is 9.38. The maximum Gasteiger partial charge on any atom is 0.248 e. The smallest absolute Gasteiger partial charge is 0.248 e. The van der Waals surface area contributed by atoms with Crippen LogP contribution in [-0.2, 0) is 16.1 Å². The Hall–Kier alpha value is -1.43. The van der Waals surface area contributed by atoms with Crippen molar-refractivity contribution in [3.8, 4) is 0 Å². The van der Waals surface area contributed by atoms with Crippen LogP contribution >= 0.6 is 11.3 Å². The highest BCUT2D eigenvalue weighted by atomic mass is 32.1. The van der Waals surface area contributed by atoms with Gasteiger partial charge in [-0.3, -0.25) is 9.59 Å². The number of nitrogens with zero attached hydrogens (tertiary/aromatic N) is 2. The number of hydrogen-bond acceptors (Lipinski definition) is 4. The summed E-state index contributed by atoms with van der Waals surface area (Å²) in [7, 11) is 0. The van der Waals surface area contributed by atoms with E-state index in [2.05, 4.69) is 10.3 Å². The molecule has 0 spiro atoms. The Kier molecular flexibility index (Phi) is 3.08. The third-order valence-electron chi connectivity index (χ3n) is 3.90. The second-order valence-corrected chi connectivity index (χ2v) is 7.25. The van der Waals surface area contributed by atoms with E-state index < -0.39 is 5.54 Å². The molecular formula is C14H19N3O2S. The Bertz CT molecular complexity index is 563. The van der Waals surface area contributed by atoms with Crippen molar-refractivity contribution >= 4 is 23.2 Å². The van der Waals surface area contributed by atoms with Crippen LogP contribution in [0.25, 0.3) is 0 Å². The van der Waals surface area contributed by atoms with Crippen molar-refractivity contribution in [1.82, 2.24) is 15.2 Å². The van der Waals surface area contributed by atoms with E-state index in [9.17, 15) is 9.59 Å². The Morgan fingerprint density at radius 3 is 2.70 bits per heavy atom. The van der Waals surface area contributed by atoms with Gasteiger partial charge in [0.1, 0.15) is 11.6 Å². The molecule has 2 heterocycles. The van der Waals surface area contributed by atoms with Crippen molar-refractivity contribution in [3.05, 3.63) is 16.1 Å². The van der Waals surface area contributed by atoms with Gasteiger partial charge < -0.3 is 10.2 Å². The standard InChI is InChI=1S/C14H19N3O2S/c1-8-15-10(7-20-8)6-17-11(9-4-5-9)12(18)16-14(2,3)13(17)19/h7,9,11H,4-6H2,1-3H3,(H,16,18). The highest BCUT2D eigenvalue weighted by Crippen LogP contribution is 2.38. The van der Waals surface area contributed by atoms with Crippen molar-refractivity contribution in [3.63, 3.8) is 0 Å². The van der Waals surface area contributed by atoms with Crippen LogP contribution in [0.15, 0.2) is 5.38 Å². The molecule has 1 aromatic rings. The highest BCUT2D eigenvalue weighted by Gasteiger charge is 2.50. The molecule has 3 rings (SSSR count). The molecule has 6 heteroatoms. The Morgan fingerprint density at radius 1 is 1.45 bits per heavy atom. The summed E-state index contributed by atoms with van der Waals surface area (Å²) in [5.74, 6) is 0.276. The van der Waals surface area contributed by atoms with Crippen LogP contribution in [0.1, 0.15) is 37.4 Å². The SMILES string of the molecule is Cc1nc(CN2C(=O)C(C)(C)NC(=O)C2C2CC2)cs1. The highest BCUT2D eigenvalue weighted by molar-refractivity contribution is 7.09. The fourth-order valence-electron chi connectivity index (χ4n) is 2.77. The molecule has 1 N–H and O–H groups in total. The number of amides is 2. The fourth-order valence-corrected chi connectivity index (χ4v) is 3.37. The van der Waals surface area contributed by atoms with Crippen LogP contribution in [0, 0.1) is 12.8 Å². The van der Waals surface area contributed by atoms with Gasteiger partial charge >= 0.3 is 0 Å². The molecule has 0 bridgehead atoms. The summed E-state index contributed by atoms with van der Waals surface area (Å²) in [6, 6.07) is -0.322. The second-order valence-electron chi connectivity index (χ2n) is 6.19. The van der Waals surface area contributed by atoms with Crippen LogP contribution in [0.5, 0.6) is 0 Å². The quantitative estimate of drug-likeness (QED) is 0.918. The summed E-state index contributed by atoms with van der Waals surface area (Å²) in [4.78, 5) is 31.1. The lowest BCUT2D eigenvalue weighted by Gasteiger charge is -2.42. The van der Waals surface area contributed by atoms with Gasteiger partial charge in [0.15, 0.2) is 0 Å². The van der Waals surface area contributed by atoms with Crippen molar-refractivity contribution in [2.24, 2.45) is 5.92 Å². The van der Waals surface area contributed by atoms with E-state index in [1.807, 2.05) is 12.3 Å². The first-order valence-corrected chi connectivity index (χ1v) is 7.80. The van der Waals surface area contributed by atoms with Gasteiger partial charge in [-0.1, -0.05) is 0 Å². The Morgan fingerprint density at radius 2 is 2.15 bits per heavy atom. The molecule has 1 atom stereocenters. The molecule has 1 saturated carbocycles. The zero-order chi connectivity index (χ0) is 14.5. The van der Waals surface area contributed by atoms with Gasteiger partial charge in [0.05, 0.1) is 17.2 Å². The Balaban J connectivity index is 1.89. The number of aromatic nitrogens is 1. The molecule has 2 aliphatic rings. The average Bonchev–Trinajstić information content (AvgIpc) is 3.09. The molecule has 1 unspecified atom stereocenters. The molecule has 1 aromatic heterocycles. The number of carbonyl (C=O) groups excluding carboxylic acids is 2. The molecule has 108 valence electrons. The minimum absolute atomic E-state index is 0.0142. The lowest BCUT2D eigenvalue weighted by molar-refractivity contribution is -0.155. The van der Waals surface area contributed by atoms with Crippen LogP contribution in [0.2, 0.25) is 0 Å². The predicted octanol–water partition coefficient (Wildman–Crippen LogP) is 1.47. The molecule has 0 aromatic carbocycles. The van der Waals surface area contributed by atoms with E-state index in [1.165, 1.54) is 0 Å². The summed E-state index contributed by atoms with van der Waals surface area (Å²) in [5.41, 5.74) is 0.0464. The molecule has 1 aliphatic carbocycles. The van der Waals surface area contributed by atoms with Gasteiger partial charge in [0, 0.05) is 5.38 Å². The van der Waals surface area contributed by atoms with Crippen LogP contribution in [0.4, 0.5) is 0 Å². The second kappa shape index (κ2) is 4.55. The lowest BCUT2D eigenvalue weighted by Crippen LogP contribution is -2.68. The zero-order valence-electron chi connectivity index (χ0n) is 12.0. The van der Waals surface area contributed by atoms with Crippen LogP contribution in [-0.4, -0.2) is 33.3 Å². The maximum absolute atomic E-state index is 12.6. The fraction of sp³-hybridized carbons (Fsp3) is 0.643. The number of aryl methyl sites for hydroxylation is 1. The summed E-state index contributed by atoms with van der Waals surface area (Å²) in [6.45, 7) is 5.90. The van der Waals surface area contributed by atoms with E-state index in [4.69, 9.17) is 0 Å². The average molecular weight is 293 g/mol. The molecule has 1 aliphatic heterocycles. The predicted molar refractivity (Wildman–Crippen MR) is 76.1 cm³/mol. The number of thiazole rings is 1. The Labute approximate surface area is 122 Å². The molecule has 5 nitrogen and oxygen atoms in total. The number of hydrogen-bond donors (Lipinski definition) is 1. The monoisotopic (exact) mass is 293 g/mol. The topological polar surface area (TPSA) is 62.3 Å². The number of nitrogens with one attached hydrogen (secondary N) is 1. The van der Waals surface area contributed by atoms with E-state index in [-0.39, 0.29) is 17.9 Å². The normalized spacial score (nSPS) is 25.8. The number of rotatable bonds is 3. The zero-order valence-corrected chi connectivity index (χ0v) is 12.8. The summed E-state index contributed by atoms with van der Waals surface area (Å²) < 4.78 is 0. The van der Waals surface area contributed by atoms with Crippen LogP contribution in [0.3, 0.4) is 0 Å². The van der Waals surface area contributed by atoms with Crippen LogP contribution < -0.4 is 5.32 Å². The molecule has 20 heavy (non-hydrogen) atoms. The molecule has 0 radical (unpaired) electrons. The van der Waals surface area contributed by atoms with E-state index in [0.717, 1.165) is 23.5 Å². The first-order valence-electron chi connectivity index (χ1n) is 6.92. The van der Waals surface area contributed by atoms with Gasteiger partial charge in [0.2, 0.25) is 11.8 Å². The minimum atomic E-state index is -0.826. The van der Waals surface area contributed by atoms with Crippen molar-refractivity contribution in [1.29, 1.82) is 0 Å². The molecule has 1 saturated heterocycles. The molecule has 2 amide bonds. The summed E-state index contributed by atoms with van der Waals surface area (Å²) in [5, 5.41) is 5.80. The van der Waals surface area contributed by atoms with Crippen molar-refractivity contribution in [2.45, 2.75) is 51.7 Å².